The van der Waals surface area contributed by atoms with Gasteiger partial charge in [0, 0.05) is 37.3 Å². The SMILES string of the molecule is Cc1csc(CCCNC(=O)c2cnn(C)c2)n1. The van der Waals surface area contributed by atoms with Crippen molar-refractivity contribution in [3.8, 4) is 0 Å². The molecule has 0 spiro atoms. The number of aromatic nitrogens is 3. The Morgan fingerprint density at radius 2 is 2.39 bits per heavy atom. The second-order valence-corrected chi connectivity index (χ2v) is 5.09. The Morgan fingerprint density at radius 1 is 1.56 bits per heavy atom. The molecule has 0 saturated carbocycles. The number of carbonyl (C=O) groups excluding carboxylic acids is 1. The fourth-order valence-electron chi connectivity index (χ4n) is 1.60. The van der Waals surface area contributed by atoms with E-state index < -0.39 is 0 Å². The third kappa shape index (κ3) is 3.40. The van der Waals surface area contributed by atoms with Crippen molar-refractivity contribution in [1.82, 2.24) is 20.1 Å². The monoisotopic (exact) mass is 264 g/mol. The standard InChI is InChI=1S/C12H16N4OS/c1-9-8-18-11(15-9)4-3-5-13-12(17)10-6-14-16(2)7-10/h6-8H,3-5H2,1-2H3,(H,13,17). The number of aryl methyl sites for hydroxylation is 3. The Kier molecular flexibility index (Phi) is 4.09. The lowest BCUT2D eigenvalue weighted by Crippen LogP contribution is -2.24. The van der Waals surface area contributed by atoms with Crippen LogP contribution in [-0.2, 0) is 13.5 Å². The van der Waals surface area contributed by atoms with E-state index in [0.717, 1.165) is 23.5 Å². The molecule has 0 aliphatic rings. The maximum atomic E-state index is 11.7. The number of hydrogen-bond donors (Lipinski definition) is 1. The van der Waals surface area contributed by atoms with Gasteiger partial charge in [0.1, 0.15) is 0 Å². The Morgan fingerprint density at radius 3 is 3.00 bits per heavy atom. The van der Waals surface area contributed by atoms with Crippen molar-refractivity contribution < 1.29 is 4.79 Å². The summed E-state index contributed by atoms with van der Waals surface area (Å²) in [6.07, 6.45) is 5.09. The summed E-state index contributed by atoms with van der Waals surface area (Å²) in [5.74, 6) is -0.0709. The molecule has 0 aliphatic heterocycles. The van der Waals surface area contributed by atoms with Crippen LogP contribution in [0.5, 0.6) is 0 Å². The highest BCUT2D eigenvalue weighted by Gasteiger charge is 2.06. The van der Waals surface area contributed by atoms with Gasteiger partial charge in [0.2, 0.25) is 0 Å². The minimum atomic E-state index is -0.0709. The molecule has 1 N–H and O–H groups in total. The van der Waals surface area contributed by atoms with Crippen molar-refractivity contribution in [1.29, 1.82) is 0 Å². The molecule has 2 aromatic rings. The first-order chi connectivity index (χ1) is 8.65. The van der Waals surface area contributed by atoms with E-state index in [4.69, 9.17) is 0 Å². The van der Waals surface area contributed by atoms with E-state index in [1.54, 1.807) is 35.5 Å². The molecule has 2 heterocycles. The van der Waals surface area contributed by atoms with Crippen LogP contribution >= 0.6 is 11.3 Å². The van der Waals surface area contributed by atoms with E-state index >= 15 is 0 Å². The molecule has 0 aliphatic carbocycles. The van der Waals surface area contributed by atoms with Crippen LogP contribution < -0.4 is 5.32 Å². The minimum absolute atomic E-state index is 0.0709. The Balaban J connectivity index is 1.71. The molecular formula is C12H16N4OS. The summed E-state index contributed by atoms with van der Waals surface area (Å²) in [5.41, 5.74) is 1.66. The third-order valence-electron chi connectivity index (χ3n) is 2.49. The van der Waals surface area contributed by atoms with E-state index in [2.05, 4.69) is 15.4 Å². The summed E-state index contributed by atoms with van der Waals surface area (Å²) in [7, 11) is 1.79. The number of rotatable bonds is 5. The molecule has 0 radical (unpaired) electrons. The summed E-state index contributed by atoms with van der Waals surface area (Å²) in [6, 6.07) is 0. The first kappa shape index (κ1) is 12.8. The highest BCUT2D eigenvalue weighted by molar-refractivity contribution is 7.09. The fourth-order valence-corrected chi connectivity index (χ4v) is 2.42. The van der Waals surface area contributed by atoms with Gasteiger partial charge in [-0.25, -0.2) is 4.98 Å². The van der Waals surface area contributed by atoms with Gasteiger partial charge in [0.15, 0.2) is 0 Å². The zero-order chi connectivity index (χ0) is 13.0. The molecule has 0 aromatic carbocycles. The smallest absolute Gasteiger partial charge is 0.254 e. The highest BCUT2D eigenvalue weighted by Crippen LogP contribution is 2.10. The van der Waals surface area contributed by atoms with Crippen molar-refractivity contribution >= 4 is 17.2 Å². The van der Waals surface area contributed by atoms with Gasteiger partial charge >= 0.3 is 0 Å². The predicted octanol–water partition coefficient (Wildman–Crippen LogP) is 1.55. The summed E-state index contributed by atoms with van der Waals surface area (Å²) in [4.78, 5) is 16.1. The van der Waals surface area contributed by atoms with Crippen LogP contribution in [0.25, 0.3) is 0 Å². The highest BCUT2D eigenvalue weighted by atomic mass is 32.1. The number of nitrogens with zero attached hydrogens (tertiary/aromatic N) is 3. The number of carbonyl (C=O) groups is 1. The van der Waals surface area contributed by atoms with Crippen molar-refractivity contribution in [2.45, 2.75) is 19.8 Å². The summed E-state index contributed by atoms with van der Waals surface area (Å²) >= 11 is 1.67. The molecule has 6 heteroatoms. The van der Waals surface area contributed by atoms with Gasteiger partial charge in [-0.2, -0.15) is 5.10 Å². The van der Waals surface area contributed by atoms with Crippen molar-refractivity contribution in [3.63, 3.8) is 0 Å². The van der Waals surface area contributed by atoms with Gasteiger partial charge in [-0.05, 0) is 13.3 Å². The maximum Gasteiger partial charge on any atom is 0.254 e. The molecule has 5 nitrogen and oxygen atoms in total. The number of hydrogen-bond acceptors (Lipinski definition) is 4. The third-order valence-corrected chi connectivity index (χ3v) is 3.51. The molecule has 0 atom stereocenters. The van der Waals surface area contributed by atoms with E-state index in [0.29, 0.717) is 12.1 Å². The summed E-state index contributed by atoms with van der Waals surface area (Å²) < 4.78 is 1.62. The molecule has 96 valence electrons. The molecule has 1 amide bonds. The van der Waals surface area contributed by atoms with Crippen molar-refractivity contribution in [2.75, 3.05) is 6.54 Å². The average Bonchev–Trinajstić information content (AvgIpc) is 2.93. The number of nitrogens with one attached hydrogen (secondary N) is 1. The van der Waals surface area contributed by atoms with E-state index in [1.165, 1.54) is 0 Å². The Labute approximate surface area is 110 Å². The van der Waals surface area contributed by atoms with Gasteiger partial charge in [0.05, 0.1) is 16.8 Å². The van der Waals surface area contributed by atoms with Gasteiger partial charge < -0.3 is 5.32 Å². The van der Waals surface area contributed by atoms with Crippen LogP contribution in [0.3, 0.4) is 0 Å². The van der Waals surface area contributed by atoms with Crippen LogP contribution in [0.15, 0.2) is 17.8 Å². The molecule has 2 rings (SSSR count). The quantitative estimate of drug-likeness (QED) is 0.833. The van der Waals surface area contributed by atoms with E-state index in [-0.39, 0.29) is 5.91 Å². The van der Waals surface area contributed by atoms with Crippen LogP contribution in [0.2, 0.25) is 0 Å². The Bertz CT molecular complexity index is 532. The lowest BCUT2D eigenvalue weighted by molar-refractivity contribution is 0.0953. The topological polar surface area (TPSA) is 59.8 Å². The minimum Gasteiger partial charge on any atom is -0.352 e. The molecule has 2 aromatic heterocycles. The Hall–Kier alpha value is -1.69. The van der Waals surface area contributed by atoms with Gasteiger partial charge in [0.25, 0.3) is 5.91 Å². The van der Waals surface area contributed by atoms with Crippen molar-refractivity contribution in [3.05, 3.63) is 34.0 Å². The van der Waals surface area contributed by atoms with Crippen LogP contribution in [0.4, 0.5) is 0 Å². The van der Waals surface area contributed by atoms with E-state index in [9.17, 15) is 4.79 Å². The number of amides is 1. The molecular weight excluding hydrogens is 248 g/mol. The predicted molar refractivity (Wildman–Crippen MR) is 70.7 cm³/mol. The van der Waals surface area contributed by atoms with Crippen LogP contribution in [0, 0.1) is 6.92 Å². The number of thiazole rings is 1. The lowest BCUT2D eigenvalue weighted by Gasteiger charge is -2.01. The van der Waals surface area contributed by atoms with Gasteiger partial charge in [-0.3, -0.25) is 9.48 Å². The van der Waals surface area contributed by atoms with Crippen molar-refractivity contribution in [2.24, 2.45) is 7.05 Å². The maximum absolute atomic E-state index is 11.7. The first-order valence-electron chi connectivity index (χ1n) is 5.83. The molecule has 0 bridgehead atoms. The average molecular weight is 264 g/mol. The fraction of sp³-hybridized carbons (Fsp3) is 0.417. The normalized spacial score (nSPS) is 10.6. The van der Waals surface area contributed by atoms with Gasteiger partial charge in [-0.1, -0.05) is 0 Å². The molecule has 0 saturated heterocycles. The molecule has 0 fully saturated rings. The zero-order valence-electron chi connectivity index (χ0n) is 10.5. The largest absolute Gasteiger partial charge is 0.352 e. The first-order valence-corrected chi connectivity index (χ1v) is 6.71. The van der Waals surface area contributed by atoms with Crippen LogP contribution in [0.1, 0.15) is 27.5 Å². The lowest BCUT2D eigenvalue weighted by atomic mass is 10.3. The molecule has 0 unspecified atom stereocenters. The second-order valence-electron chi connectivity index (χ2n) is 4.14. The summed E-state index contributed by atoms with van der Waals surface area (Å²) in [6.45, 7) is 2.65. The van der Waals surface area contributed by atoms with Crippen LogP contribution in [-0.4, -0.2) is 27.2 Å². The zero-order valence-corrected chi connectivity index (χ0v) is 11.3. The summed E-state index contributed by atoms with van der Waals surface area (Å²) in [5, 5.41) is 10.0. The van der Waals surface area contributed by atoms with E-state index in [1.807, 2.05) is 12.3 Å². The van der Waals surface area contributed by atoms with Gasteiger partial charge in [-0.15, -0.1) is 11.3 Å². The second kappa shape index (κ2) is 5.77. The molecule has 18 heavy (non-hydrogen) atoms.